The minimum atomic E-state index is -3.32. The summed E-state index contributed by atoms with van der Waals surface area (Å²) >= 11 is 0. The quantitative estimate of drug-likeness (QED) is 0.869. The van der Waals surface area contributed by atoms with E-state index in [2.05, 4.69) is 0 Å². The minimum absolute atomic E-state index is 0.178. The van der Waals surface area contributed by atoms with E-state index in [0.29, 0.717) is 11.3 Å². The third kappa shape index (κ3) is 3.32. The van der Waals surface area contributed by atoms with Crippen molar-refractivity contribution in [3.05, 3.63) is 77.5 Å². The van der Waals surface area contributed by atoms with Crippen LogP contribution in [0.25, 0.3) is 0 Å². The smallest absolute Gasteiger partial charge is 0.258 e. The summed E-state index contributed by atoms with van der Waals surface area (Å²) in [6, 6.07) is 13.4. The van der Waals surface area contributed by atoms with Crippen LogP contribution in [0.2, 0.25) is 0 Å². The molecule has 0 aromatic heterocycles. The molecule has 0 saturated carbocycles. The van der Waals surface area contributed by atoms with E-state index in [0.717, 1.165) is 5.41 Å². The lowest BCUT2D eigenvalue weighted by atomic mass is 10.1. The van der Waals surface area contributed by atoms with Gasteiger partial charge in [0.15, 0.2) is 9.84 Å². The number of hydrogen-bond acceptors (Lipinski definition) is 3. The van der Waals surface area contributed by atoms with Gasteiger partial charge in [-0.15, -0.1) is 0 Å². The second-order valence-electron chi connectivity index (χ2n) is 5.24. The van der Waals surface area contributed by atoms with E-state index in [9.17, 15) is 17.6 Å². The van der Waals surface area contributed by atoms with Crippen LogP contribution in [0.3, 0.4) is 0 Å². The maximum absolute atomic E-state index is 13.2. The highest BCUT2D eigenvalue weighted by Crippen LogP contribution is 2.25. The fourth-order valence-corrected chi connectivity index (χ4v) is 3.77. The van der Waals surface area contributed by atoms with Gasteiger partial charge in [-0.2, -0.15) is 0 Å². The van der Waals surface area contributed by atoms with Gasteiger partial charge in [0.2, 0.25) is 0 Å². The molecule has 1 aliphatic heterocycles. The fourth-order valence-electron chi connectivity index (χ4n) is 2.50. The summed E-state index contributed by atoms with van der Waals surface area (Å²) in [7, 11) is -3.32. The summed E-state index contributed by atoms with van der Waals surface area (Å²) in [6.45, 7) is 0. The molecule has 2 aromatic rings. The number of carbonyl (C=O) groups excluding carboxylic acids is 1. The SMILES string of the molecule is O=C(c1ccccc1)N(c1ccc(F)cc1)[C@@H]1C=CS(=O)(=O)C1. The number of anilines is 1. The van der Waals surface area contributed by atoms with Crippen LogP contribution in [-0.2, 0) is 9.84 Å². The first-order valence-electron chi connectivity index (χ1n) is 7.01. The highest BCUT2D eigenvalue weighted by Gasteiger charge is 2.31. The molecule has 0 radical (unpaired) electrons. The van der Waals surface area contributed by atoms with Crippen molar-refractivity contribution < 1.29 is 17.6 Å². The summed E-state index contributed by atoms with van der Waals surface area (Å²) < 4.78 is 36.6. The molecule has 0 spiro atoms. The van der Waals surface area contributed by atoms with E-state index >= 15 is 0 Å². The monoisotopic (exact) mass is 331 g/mol. The van der Waals surface area contributed by atoms with Crippen LogP contribution < -0.4 is 4.90 Å². The molecule has 0 fully saturated rings. The lowest BCUT2D eigenvalue weighted by Gasteiger charge is -2.27. The van der Waals surface area contributed by atoms with Gasteiger partial charge in [0.1, 0.15) is 5.82 Å². The van der Waals surface area contributed by atoms with Crippen LogP contribution in [0, 0.1) is 5.82 Å². The average Bonchev–Trinajstić information content (AvgIpc) is 2.90. The lowest BCUT2D eigenvalue weighted by molar-refractivity contribution is 0.0983. The predicted molar refractivity (Wildman–Crippen MR) is 86.4 cm³/mol. The van der Waals surface area contributed by atoms with Crippen molar-refractivity contribution in [1.82, 2.24) is 0 Å². The molecule has 118 valence electrons. The van der Waals surface area contributed by atoms with Gasteiger partial charge in [0.05, 0.1) is 11.8 Å². The molecule has 4 nitrogen and oxygen atoms in total. The Labute approximate surface area is 133 Å². The van der Waals surface area contributed by atoms with E-state index in [1.54, 1.807) is 30.3 Å². The largest absolute Gasteiger partial charge is 0.300 e. The van der Waals surface area contributed by atoms with Gasteiger partial charge in [-0.3, -0.25) is 4.79 Å². The number of hydrogen-bond donors (Lipinski definition) is 0. The molecule has 6 heteroatoms. The topological polar surface area (TPSA) is 54.5 Å². The number of rotatable bonds is 3. The number of carbonyl (C=O) groups is 1. The molecule has 2 aromatic carbocycles. The lowest BCUT2D eigenvalue weighted by Crippen LogP contribution is -2.41. The molecular weight excluding hydrogens is 317 g/mol. The summed E-state index contributed by atoms with van der Waals surface area (Å²) in [5, 5.41) is 1.12. The van der Waals surface area contributed by atoms with Crippen molar-refractivity contribution in [3.8, 4) is 0 Å². The first-order chi connectivity index (χ1) is 11.0. The maximum Gasteiger partial charge on any atom is 0.258 e. The van der Waals surface area contributed by atoms with Crippen LogP contribution in [-0.4, -0.2) is 26.1 Å². The van der Waals surface area contributed by atoms with E-state index in [4.69, 9.17) is 0 Å². The van der Waals surface area contributed by atoms with Crippen LogP contribution in [0.4, 0.5) is 10.1 Å². The Hall–Kier alpha value is -2.47. The van der Waals surface area contributed by atoms with Crippen molar-refractivity contribution in [3.63, 3.8) is 0 Å². The number of amides is 1. The minimum Gasteiger partial charge on any atom is -0.300 e. The average molecular weight is 331 g/mol. The summed E-state index contributed by atoms with van der Waals surface area (Å²) in [5.41, 5.74) is 0.890. The third-order valence-electron chi connectivity index (χ3n) is 3.59. The van der Waals surface area contributed by atoms with Crippen LogP contribution in [0.1, 0.15) is 10.4 Å². The van der Waals surface area contributed by atoms with Crippen molar-refractivity contribution in [1.29, 1.82) is 0 Å². The maximum atomic E-state index is 13.2. The highest BCUT2D eigenvalue weighted by molar-refractivity contribution is 7.94. The molecule has 0 aliphatic carbocycles. The molecule has 1 atom stereocenters. The Kier molecular flexibility index (Phi) is 4.00. The van der Waals surface area contributed by atoms with Gasteiger partial charge in [-0.1, -0.05) is 18.2 Å². The summed E-state index contributed by atoms with van der Waals surface area (Å²) in [6.07, 6.45) is 1.49. The van der Waals surface area contributed by atoms with Crippen molar-refractivity contribution in [2.24, 2.45) is 0 Å². The number of halogens is 1. The van der Waals surface area contributed by atoms with Crippen LogP contribution >= 0.6 is 0 Å². The van der Waals surface area contributed by atoms with Gasteiger partial charge < -0.3 is 4.90 Å². The highest BCUT2D eigenvalue weighted by atomic mass is 32.2. The molecule has 0 bridgehead atoms. The first-order valence-corrected chi connectivity index (χ1v) is 8.73. The molecule has 0 N–H and O–H groups in total. The van der Waals surface area contributed by atoms with Gasteiger partial charge in [0, 0.05) is 16.7 Å². The Morgan fingerprint density at radius 3 is 2.26 bits per heavy atom. The van der Waals surface area contributed by atoms with E-state index < -0.39 is 21.7 Å². The normalized spacial score (nSPS) is 18.7. The van der Waals surface area contributed by atoms with Crippen molar-refractivity contribution in [2.75, 3.05) is 10.7 Å². The molecular formula is C17H14FNO3S. The van der Waals surface area contributed by atoms with E-state index in [-0.39, 0.29) is 11.7 Å². The van der Waals surface area contributed by atoms with Crippen LogP contribution in [0.15, 0.2) is 66.1 Å². The zero-order chi connectivity index (χ0) is 16.4. The molecule has 1 amide bonds. The first kappa shape index (κ1) is 15.4. The third-order valence-corrected chi connectivity index (χ3v) is 4.97. The standard InChI is InChI=1S/C17H14FNO3S/c18-14-6-8-15(9-7-14)19(16-10-11-23(21,22)12-16)17(20)13-4-2-1-3-5-13/h1-11,16H,12H2/t16-/m1/s1. The molecule has 3 rings (SSSR count). The second-order valence-corrected chi connectivity index (χ2v) is 7.17. The van der Waals surface area contributed by atoms with Crippen LogP contribution in [0.5, 0.6) is 0 Å². The zero-order valence-electron chi connectivity index (χ0n) is 12.1. The number of sulfone groups is 1. The second kappa shape index (κ2) is 5.96. The Morgan fingerprint density at radius 1 is 1.04 bits per heavy atom. The number of benzene rings is 2. The van der Waals surface area contributed by atoms with Gasteiger partial charge >= 0.3 is 0 Å². The van der Waals surface area contributed by atoms with Crippen molar-refractivity contribution >= 4 is 21.4 Å². The van der Waals surface area contributed by atoms with Gasteiger partial charge in [-0.05, 0) is 42.5 Å². The van der Waals surface area contributed by atoms with Gasteiger partial charge in [0.25, 0.3) is 5.91 Å². The number of nitrogens with zero attached hydrogens (tertiary/aromatic N) is 1. The molecule has 1 aliphatic rings. The fraction of sp³-hybridized carbons (Fsp3) is 0.118. The summed E-state index contributed by atoms with van der Waals surface area (Å²) in [5.74, 6) is -0.928. The predicted octanol–water partition coefficient (Wildman–Crippen LogP) is 2.78. The summed E-state index contributed by atoms with van der Waals surface area (Å²) in [4.78, 5) is 14.2. The van der Waals surface area contributed by atoms with Gasteiger partial charge in [-0.25, -0.2) is 12.8 Å². The van der Waals surface area contributed by atoms with Crippen molar-refractivity contribution in [2.45, 2.75) is 6.04 Å². The zero-order valence-corrected chi connectivity index (χ0v) is 12.9. The molecule has 0 unspecified atom stereocenters. The van der Waals surface area contributed by atoms with E-state index in [1.807, 2.05) is 0 Å². The molecule has 1 heterocycles. The Bertz CT molecular complexity index is 845. The van der Waals surface area contributed by atoms with E-state index in [1.165, 1.54) is 35.2 Å². The Morgan fingerprint density at radius 2 is 1.70 bits per heavy atom. The Balaban J connectivity index is 2.02. The molecule has 0 saturated heterocycles. The molecule has 23 heavy (non-hydrogen) atoms.